The van der Waals surface area contributed by atoms with Crippen LogP contribution < -0.4 is 0 Å². The Morgan fingerprint density at radius 1 is 1.26 bits per heavy atom. The van der Waals surface area contributed by atoms with Gasteiger partial charge in [-0.3, -0.25) is 9.69 Å². The van der Waals surface area contributed by atoms with Gasteiger partial charge in [-0.1, -0.05) is 12.1 Å². The van der Waals surface area contributed by atoms with E-state index in [0.717, 1.165) is 13.1 Å². The molecule has 1 atom stereocenters. The number of carbonyl (C=O) groups is 1. The molecule has 0 spiro atoms. The van der Waals surface area contributed by atoms with Crippen LogP contribution >= 0.6 is 0 Å². The minimum absolute atomic E-state index is 0.0206. The summed E-state index contributed by atoms with van der Waals surface area (Å²) in [5.41, 5.74) is 1.26. The lowest BCUT2D eigenvalue weighted by atomic mass is 10.1. The third kappa shape index (κ3) is 3.54. The largest absolute Gasteiger partial charge is 0.392 e. The van der Waals surface area contributed by atoms with Crippen molar-refractivity contribution in [3.05, 3.63) is 36.2 Å². The zero-order valence-corrected chi connectivity index (χ0v) is 13.0. The summed E-state index contributed by atoms with van der Waals surface area (Å²) in [6.45, 7) is 5.25. The lowest BCUT2D eigenvalue weighted by Crippen LogP contribution is -2.50. The monoisotopic (exact) mass is 316 g/mol. The fourth-order valence-electron chi connectivity index (χ4n) is 2.80. The zero-order valence-electron chi connectivity index (χ0n) is 13.0. The number of rotatable bonds is 4. The van der Waals surface area contributed by atoms with Gasteiger partial charge >= 0.3 is 0 Å². The molecule has 1 amide bonds. The maximum atomic E-state index is 12.8. The molecule has 0 unspecified atom stereocenters. The second kappa shape index (κ2) is 6.84. The van der Waals surface area contributed by atoms with Gasteiger partial charge in [-0.25, -0.2) is 0 Å². The minimum Gasteiger partial charge on any atom is -0.392 e. The molecule has 0 bridgehead atoms. The predicted octanol–water partition coefficient (Wildman–Crippen LogP) is -0.199. The number of benzene rings is 1. The fraction of sp³-hybridized carbons (Fsp3) is 0.467. The highest BCUT2D eigenvalue weighted by Crippen LogP contribution is 2.16. The molecular formula is C15H20N6O2. The summed E-state index contributed by atoms with van der Waals surface area (Å²) in [7, 11) is 0. The summed E-state index contributed by atoms with van der Waals surface area (Å²) < 4.78 is 1.50. The van der Waals surface area contributed by atoms with E-state index >= 15 is 0 Å². The number of amides is 1. The Balaban J connectivity index is 1.73. The fourth-order valence-corrected chi connectivity index (χ4v) is 2.80. The second-order valence-electron chi connectivity index (χ2n) is 5.71. The molecule has 1 aromatic carbocycles. The van der Waals surface area contributed by atoms with Crippen LogP contribution in [-0.2, 0) is 0 Å². The number of hydrogen-bond acceptors (Lipinski definition) is 6. The van der Waals surface area contributed by atoms with Crippen molar-refractivity contribution in [3.63, 3.8) is 0 Å². The molecule has 8 heteroatoms. The van der Waals surface area contributed by atoms with E-state index in [-0.39, 0.29) is 12.0 Å². The SMILES string of the molecule is C[C@@H](O)CN1CCN(C(=O)c2ccccc2-n2cnnn2)CC1. The van der Waals surface area contributed by atoms with Gasteiger partial charge < -0.3 is 10.0 Å². The van der Waals surface area contributed by atoms with Crippen LogP contribution in [0.3, 0.4) is 0 Å². The zero-order chi connectivity index (χ0) is 16.2. The Labute approximate surface area is 134 Å². The molecule has 2 aromatic rings. The maximum absolute atomic E-state index is 12.8. The average Bonchev–Trinajstić information content (AvgIpc) is 3.09. The van der Waals surface area contributed by atoms with Gasteiger partial charge in [-0.05, 0) is 29.5 Å². The van der Waals surface area contributed by atoms with Crippen molar-refractivity contribution in [3.8, 4) is 5.69 Å². The molecule has 8 nitrogen and oxygen atoms in total. The van der Waals surface area contributed by atoms with Crippen LogP contribution in [0.1, 0.15) is 17.3 Å². The Morgan fingerprint density at radius 3 is 2.65 bits per heavy atom. The van der Waals surface area contributed by atoms with E-state index < -0.39 is 0 Å². The van der Waals surface area contributed by atoms with Crippen molar-refractivity contribution in [2.45, 2.75) is 13.0 Å². The van der Waals surface area contributed by atoms with Gasteiger partial charge in [0, 0.05) is 32.7 Å². The van der Waals surface area contributed by atoms with E-state index in [1.165, 1.54) is 11.0 Å². The number of β-amino-alcohol motifs (C(OH)–C–C–N with tert-alkyl or cyclic N) is 1. The van der Waals surface area contributed by atoms with Crippen LogP contribution in [0.15, 0.2) is 30.6 Å². The van der Waals surface area contributed by atoms with Crippen LogP contribution in [-0.4, -0.2) is 79.8 Å². The lowest BCUT2D eigenvalue weighted by molar-refractivity contribution is 0.0554. The Hall–Kier alpha value is -2.32. The molecule has 0 saturated carbocycles. The van der Waals surface area contributed by atoms with Crippen molar-refractivity contribution in [2.24, 2.45) is 0 Å². The number of nitrogens with zero attached hydrogens (tertiary/aromatic N) is 6. The summed E-state index contributed by atoms with van der Waals surface area (Å²) in [5.74, 6) is -0.0206. The molecule has 1 aliphatic rings. The number of piperazine rings is 1. The number of hydrogen-bond donors (Lipinski definition) is 1. The molecule has 23 heavy (non-hydrogen) atoms. The van der Waals surface area contributed by atoms with Gasteiger partial charge in [0.2, 0.25) is 0 Å². The molecule has 122 valence electrons. The number of tetrazole rings is 1. The van der Waals surface area contributed by atoms with Crippen LogP contribution in [0.2, 0.25) is 0 Å². The first-order valence-electron chi connectivity index (χ1n) is 7.67. The first-order chi connectivity index (χ1) is 11.1. The van der Waals surface area contributed by atoms with Gasteiger partial charge in [0.15, 0.2) is 0 Å². The molecule has 1 saturated heterocycles. The second-order valence-corrected chi connectivity index (χ2v) is 5.71. The van der Waals surface area contributed by atoms with E-state index in [1.54, 1.807) is 13.0 Å². The van der Waals surface area contributed by atoms with Crippen molar-refractivity contribution < 1.29 is 9.90 Å². The third-order valence-electron chi connectivity index (χ3n) is 3.91. The summed E-state index contributed by atoms with van der Waals surface area (Å²) in [6.07, 6.45) is 1.13. The summed E-state index contributed by atoms with van der Waals surface area (Å²) in [5, 5.41) is 20.6. The average molecular weight is 316 g/mol. The van der Waals surface area contributed by atoms with Gasteiger partial charge in [0.05, 0.1) is 17.4 Å². The predicted molar refractivity (Wildman–Crippen MR) is 83.2 cm³/mol. The normalized spacial score (nSPS) is 17.2. The van der Waals surface area contributed by atoms with Crippen molar-refractivity contribution in [2.75, 3.05) is 32.7 Å². The molecule has 3 rings (SSSR count). The topological polar surface area (TPSA) is 87.4 Å². The Kier molecular flexibility index (Phi) is 4.63. The lowest BCUT2D eigenvalue weighted by Gasteiger charge is -2.35. The molecular weight excluding hydrogens is 296 g/mol. The van der Waals surface area contributed by atoms with Gasteiger partial charge in [-0.15, -0.1) is 5.10 Å². The first kappa shape index (κ1) is 15.6. The molecule has 0 radical (unpaired) electrons. The Bertz CT molecular complexity index is 650. The van der Waals surface area contributed by atoms with E-state index in [9.17, 15) is 9.90 Å². The van der Waals surface area contributed by atoms with Crippen molar-refractivity contribution in [1.82, 2.24) is 30.0 Å². The molecule has 0 aliphatic carbocycles. The number of para-hydroxylation sites is 1. The van der Waals surface area contributed by atoms with Gasteiger partial charge in [0.25, 0.3) is 5.91 Å². The summed E-state index contributed by atoms with van der Waals surface area (Å²) in [6, 6.07) is 7.31. The standard InChI is InChI=1S/C15H20N6O2/c1-12(22)10-19-6-8-20(9-7-19)15(23)13-4-2-3-5-14(13)21-11-16-17-18-21/h2-5,11-12,22H,6-10H2,1H3/t12-/m1/s1. The van der Waals surface area contributed by atoms with Gasteiger partial charge in [-0.2, -0.15) is 4.68 Å². The smallest absolute Gasteiger partial charge is 0.256 e. The highest BCUT2D eigenvalue weighted by molar-refractivity contribution is 5.97. The minimum atomic E-state index is -0.349. The number of aliphatic hydroxyl groups is 1. The van der Waals surface area contributed by atoms with E-state index in [0.29, 0.717) is 30.9 Å². The Morgan fingerprint density at radius 2 is 2.00 bits per heavy atom. The van der Waals surface area contributed by atoms with Crippen LogP contribution in [0.4, 0.5) is 0 Å². The highest BCUT2D eigenvalue weighted by atomic mass is 16.3. The summed E-state index contributed by atoms with van der Waals surface area (Å²) >= 11 is 0. The van der Waals surface area contributed by atoms with Crippen molar-refractivity contribution >= 4 is 5.91 Å². The van der Waals surface area contributed by atoms with Crippen LogP contribution in [0, 0.1) is 0 Å². The molecule has 2 heterocycles. The quantitative estimate of drug-likeness (QED) is 0.840. The molecule has 1 aromatic heterocycles. The third-order valence-corrected chi connectivity index (χ3v) is 3.91. The highest BCUT2D eigenvalue weighted by Gasteiger charge is 2.24. The molecule has 1 N–H and O–H groups in total. The van der Waals surface area contributed by atoms with Crippen LogP contribution in [0.25, 0.3) is 5.69 Å². The van der Waals surface area contributed by atoms with E-state index in [2.05, 4.69) is 20.4 Å². The van der Waals surface area contributed by atoms with E-state index in [1.807, 2.05) is 23.1 Å². The van der Waals surface area contributed by atoms with E-state index in [4.69, 9.17) is 0 Å². The van der Waals surface area contributed by atoms with Crippen molar-refractivity contribution in [1.29, 1.82) is 0 Å². The maximum Gasteiger partial charge on any atom is 0.256 e. The van der Waals surface area contributed by atoms with Crippen LogP contribution in [0.5, 0.6) is 0 Å². The number of carbonyl (C=O) groups excluding carboxylic acids is 1. The molecule has 1 aliphatic heterocycles. The number of aliphatic hydroxyl groups excluding tert-OH is 1. The molecule has 1 fully saturated rings. The summed E-state index contributed by atoms with van der Waals surface area (Å²) in [4.78, 5) is 16.8. The first-order valence-corrected chi connectivity index (χ1v) is 7.67. The number of aromatic nitrogens is 4. The van der Waals surface area contributed by atoms with Gasteiger partial charge in [0.1, 0.15) is 6.33 Å².